The molecule has 2 aromatic rings. The van der Waals surface area contributed by atoms with Crippen LogP contribution in [0.1, 0.15) is 94.5 Å². The molecule has 0 spiro atoms. The van der Waals surface area contributed by atoms with Crippen molar-refractivity contribution in [1.29, 1.82) is 0 Å². The number of carbonyl (C=O) groups excluding carboxylic acids is 2. The van der Waals surface area contributed by atoms with Gasteiger partial charge in [-0.2, -0.15) is 0 Å². The molecule has 7 unspecified atom stereocenters. The van der Waals surface area contributed by atoms with Gasteiger partial charge in [-0.1, -0.05) is 38.5 Å². The van der Waals surface area contributed by atoms with Crippen molar-refractivity contribution < 1.29 is 42.7 Å². The van der Waals surface area contributed by atoms with Crippen LogP contribution in [0.3, 0.4) is 0 Å². The molecule has 2 aliphatic heterocycles. The van der Waals surface area contributed by atoms with Crippen LogP contribution in [0.5, 0.6) is 5.75 Å². The molecule has 3 fully saturated rings. The number of benzene rings is 1. The second-order valence-electron chi connectivity index (χ2n) is 15.4. The Balaban J connectivity index is 1.26. The van der Waals surface area contributed by atoms with E-state index in [9.17, 15) is 9.59 Å². The highest BCUT2D eigenvalue weighted by atomic mass is 32.1. The number of methoxy groups -OCH3 is 4. The number of Topliss-reactive ketones (excluding diaryl/α,β-unsaturated/α-hetero) is 1. The maximum atomic E-state index is 14.3. The van der Waals surface area contributed by atoms with Gasteiger partial charge >= 0.3 is 5.97 Å². The highest BCUT2D eigenvalue weighted by Crippen LogP contribution is 2.63. The van der Waals surface area contributed by atoms with Crippen molar-refractivity contribution in [3.05, 3.63) is 46.5 Å². The molecule has 3 aliphatic carbocycles. The molecule has 7 rings (SSSR count). The quantitative estimate of drug-likeness (QED) is 0.257. The summed E-state index contributed by atoms with van der Waals surface area (Å²) in [5.74, 6) is 0.618. The van der Waals surface area contributed by atoms with E-state index < -0.39 is 12.4 Å². The van der Waals surface area contributed by atoms with Crippen molar-refractivity contribution in [1.82, 2.24) is 4.98 Å². The number of nitrogens with zero attached hydrogens (tertiary/aromatic N) is 1. The van der Waals surface area contributed by atoms with Crippen LogP contribution in [0.4, 0.5) is 0 Å². The third kappa shape index (κ3) is 7.02. The van der Waals surface area contributed by atoms with E-state index in [1.165, 1.54) is 4.88 Å². The maximum Gasteiger partial charge on any atom is 0.306 e. The second kappa shape index (κ2) is 16.0. The molecule has 52 heavy (non-hydrogen) atoms. The summed E-state index contributed by atoms with van der Waals surface area (Å²) in [7, 11) is 6.65. The molecule has 2 saturated heterocycles. The summed E-state index contributed by atoms with van der Waals surface area (Å²) in [6.45, 7) is 6.11. The van der Waals surface area contributed by atoms with Crippen molar-refractivity contribution in [3.63, 3.8) is 0 Å². The predicted octanol–water partition coefficient (Wildman–Crippen LogP) is 7.25. The minimum Gasteiger partial charge on any atom is -0.497 e. The first kappa shape index (κ1) is 37.6. The number of hydrogen-bond acceptors (Lipinski definition) is 11. The van der Waals surface area contributed by atoms with Crippen molar-refractivity contribution >= 4 is 23.1 Å². The number of ether oxygens (including phenoxy) is 7. The molecule has 0 bridgehead atoms. The number of allylic oxidation sites excluding steroid dienone is 2. The van der Waals surface area contributed by atoms with Crippen LogP contribution in [0.15, 0.2) is 35.9 Å². The van der Waals surface area contributed by atoms with Gasteiger partial charge in [0.25, 0.3) is 0 Å². The van der Waals surface area contributed by atoms with Crippen molar-refractivity contribution in [2.75, 3.05) is 28.4 Å². The molecule has 5 aliphatic rings. The lowest BCUT2D eigenvalue weighted by Crippen LogP contribution is -2.59. The normalized spacial score (nSPS) is 37.8. The molecule has 13 atom stereocenters. The standard InChI is InChI=1S/C41H55NO9S/c1-8-24-14-10-9-12-21(2)35(44)30-19-28-27-17-26(51-41-38(48-7)37(47-6)36(46-5)22(3)49-41)18-31(27)39-34(33(28)29(30)20-32(43)50-24)42-40(52-39)23-13-11-15-25(16-23)45-4/h11,13,15-16,19,21-22,24,26-29,31,33,36-38,41H,8-10,12,14,17-18,20H2,1-7H3/t21-,22?,24+,26+,27+,28?,29-,31?,33-,36?,37?,38?,41?/m1/s1. The second-order valence-corrected chi connectivity index (χ2v) is 16.4. The highest BCUT2D eigenvalue weighted by Gasteiger charge is 2.56. The SMILES string of the molecule is CC[C@H]1CCCC[C@@H](C)C(=O)C2=CC3[C@@H]4C[C@H](OC5OC(C)C(OC)C(OC)C5OC)CC4c4sc(-c5cccc(OC)c5)nc4[C@H]3[C@@H]2CC(=O)O1. The Hall–Kier alpha value is -2.67. The number of rotatable bonds is 8. The van der Waals surface area contributed by atoms with Crippen LogP contribution in [0.2, 0.25) is 0 Å². The minimum atomic E-state index is -0.633. The molecular formula is C41H55NO9S. The number of esters is 1. The monoisotopic (exact) mass is 737 g/mol. The summed E-state index contributed by atoms with van der Waals surface area (Å²) in [5.41, 5.74) is 2.79. The largest absolute Gasteiger partial charge is 0.497 e. The Labute approximate surface area is 311 Å². The van der Waals surface area contributed by atoms with Gasteiger partial charge in [0.1, 0.15) is 35.2 Å². The van der Waals surface area contributed by atoms with Crippen LogP contribution in [0, 0.1) is 23.7 Å². The predicted molar refractivity (Wildman–Crippen MR) is 196 cm³/mol. The zero-order chi connectivity index (χ0) is 36.7. The van der Waals surface area contributed by atoms with E-state index in [1.807, 2.05) is 25.1 Å². The van der Waals surface area contributed by atoms with E-state index in [0.29, 0.717) is 0 Å². The molecule has 0 radical (unpaired) electrons. The van der Waals surface area contributed by atoms with Gasteiger partial charge in [-0.3, -0.25) is 9.59 Å². The molecule has 1 aromatic heterocycles. The fourth-order valence-electron chi connectivity index (χ4n) is 9.86. The number of cyclic esters (lactones) is 1. The summed E-state index contributed by atoms with van der Waals surface area (Å²) in [4.78, 5) is 34.6. The molecular weight excluding hydrogens is 683 g/mol. The minimum absolute atomic E-state index is 0.0384. The molecule has 0 N–H and O–H groups in total. The van der Waals surface area contributed by atoms with E-state index in [4.69, 9.17) is 38.1 Å². The molecule has 0 amide bonds. The van der Waals surface area contributed by atoms with Crippen LogP contribution >= 0.6 is 11.3 Å². The van der Waals surface area contributed by atoms with Crippen molar-refractivity contribution in [2.45, 2.75) is 127 Å². The number of thiazole rings is 1. The Bertz CT molecular complexity index is 1620. The summed E-state index contributed by atoms with van der Waals surface area (Å²) in [6, 6.07) is 8.01. The van der Waals surface area contributed by atoms with Crippen LogP contribution in [0.25, 0.3) is 10.6 Å². The number of hydrogen-bond donors (Lipinski definition) is 0. The van der Waals surface area contributed by atoms with E-state index in [0.717, 1.165) is 72.5 Å². The van der Waals surface area contributed by atoms with Crippen LogP contribution in [-0.2, 0) is 38.0 Å². The van der Waals surface area contributed by atoms with Gasteiger partial charge in [0.15, 0.2) is 12.1 Å². The van der Waals surface area contributed by atoms with E-state index >= 15 is 0 Å². The smallest absolute Gasteiger partial charge is 0.306 e. The summed E-state index contributed by atoms with van der Waals surface area (Å²) in [5, 5.41) is 0.917. The van der Waals surface area contributed by atoms with E-state index in [1.54, 1.807) is 39.8 Å². The molecule has 10 nitrogen and oxygen atoms in total. The topological polar surface area (TPSA) is 112 Å². The Morgan fingerprint density at radius 3 is 2.44 bits per heavy atom. The van der Waals surface area contributed by atoms with Crippen LogP contribution < -0.4 is 4.74 Å². The number of aromatic nitrogens is 1. The van der Waals surface area contributed by atoms with Gasteiger partial charge in [0.2, 0.25) is 0 Å². The fraction of sp³-hybridized carbons (Fsp3) is 0.683. The van der Waals surface area contributed by atoms with E-state index in [-0.39, 0.29) is 84.2 Å². The highest BCUT2D eigenvalue weighted by molar-refractivity contribution is 7.15. The number of ketones is 1. The van der Waals surface area contributed by atoms with Gasteiger partial charge in [0, 0.05) is 55.4 Å². The Kier molecular flexibility index (Phi) is 11.6. The first-order chi connectivity index (χ1) is 25.2. The first-order valence-corrected chi connectivity index (χ1v) is 20.0. The summed E-state index contributed by atoms with van der Waals surface area (Å²) in [6.07, 6.45) is 6.10. The van der Waals surface area contributed by atoms with Crippen LogP contribution in [-0.4, -0.2) is 88.1 Å². The average molecular weight is 738 g/mol. The van der Waals surface area contributed by atoms with Gasteiger partial charge in [0.05, 0.1) is 31.4 Å². The lowest BCUT2D eigenvalue weighted by Gasteiger charge is -2.44. The van der Waals surface area contributed by atoms with Gasteiger partial charge < -0.3 is 33.2 Å². The van der Waals surface area contributed by atoms with E-state index in [2.05, 4.69) is 26.0 Å². The molecule has 284 valence electrons. The number of carbonyl (C=O) groups is 2. The van der Waals surface area contributed by atoms with Gasteiger partial charge in [-0.25, -0.2) is 4.98 Å². The molecule has 11 heteroatoms. The zero-order valence-corrected chi connectivity index (χ0v) is 32.4. The molecule has 1 saturated carbocycles. The fourth-order valence-corrected chi connectivity index (χ4v) is 11.2. The third-order valence-electron chi connectivity index (χ3n) is 12.5. The Morgan fingerprint density at radius 2 is 1.71 bits per heavy atom. The number of fused-ring (bicyclic) bond motifs is 8. The Morgan fingerprint density at radius 1 is 0.942 bits per heavy atom. The van der Waals surface area contributed by atoms with Gasteiger partial charge in [-0.05, 0) is 75.0 Å². The third-order valence-corrected chi connectivity index (χ3v) is 13.7. The average Bonchev–Trinajstić information content (AvgIpc) is 3.87. The van der Waals surface area contributed by atoms with Crippen molar-refractivity contribution in [3.8, 4) is 16.3 Å². The zero-order valence-electron chi connectivity index (χ0n) is 31.6. The summed E-state index contributed by atoms with van der Waals surface area (Å²) < 4.78 is 42.4. The maximum absolute atomic E-state index is 14.3. The lowest BCUT2D eigenvalue weighted by atomic mass is 9.67. The molecule has 1 aromatic carbocycles. The van der Waals surface area contributed by atoms with Crippen molar-refractivity contribution in [2.24, 2.45) is 23.7 Å². The first-order valence-electron chi connectivity index (χ1n) is 19.2. The van der Waals surface area contributed by atoms with Gasteiger partial charge in [-0.15, -0.1) is 11.3 Å². The lowest BCUT2D eigenvalue weighted by molar-refractivity contribution is -0.314. The molecule has 3 heterocycles. The summed E-state index contributed by atoms with van der Waals surface area (Å²) >= 11 is 1.72.